The van der Waals surface area contributed by atoms with Gasteiger partial charge in [-0.3, -0.25) is 0 Å². The number of rotatable bonds is 5. The lowest BCUT2D eigenvalue weighted by Gasteiger charge is -2.09. The van der Waals surface area contributed by atoms with Crippen molar-refractivity contribution in [3.8, 4) is 0 Å². The highest BCUT2D eigenvalue weighted by atomic mass is 19.3. The average molecular weight is 212 g/mol. The second kappa shape index (κ2) is 5.84. The van der Waals surface area contributed by atoms with Crippen LogP contribution in [0.4, 0.5) is 8.78 Å². The van der Waals surface area contributed by atoms with Crippen LogP contribution in [0.3, 0.4) is 0 Å². The van der Waals surface area contributed by atoms with Crippen molar-refractivity contribution in [2.24, 2.45) is 0 Å². The van der Waals surface area contributed by atoms with Crippen molar-refractivity contribution >= 4 is 0 Å². The number of aryl methyl sites for hydroxylation is 2. The van der Waals surface area contributed by atoms with E-state index in [4.69, 9.17) is 0 Å². The molecular weight excluding hydrogens is 194 g/mol. The molecule has 0 saturated heterocycles. The summed E-state index contributed by atoms with van der Waals surface area (Å²) in [7, 11) is 0. The van der Waals surface area contributed by atoms with Crippen LogP contribution >= 0.6 is 0 Å². The molecule has 0 saturated carbocycles. The largest absolute Gasteiger partial charge is 0.264 e. The monoisotopic (exact) mass is 212 g/mol. The van der Waals surface area contributed by atoms with Crippen LogP contribution in [0.15, 0.2) is 18.2 Å². The third kappa shape index (κ3) is 3.61. The molecule has 0 radical (unpaired) electrons. The molecule has 0 heterocycles. The van der Waals surface area contributed by atoms with E-state index in [2.05, 4.69) is 6.92 Å². The molecule has 0 unspecified atom stereocenters. The fraction of sp³-hybridized carbons (Fsp3) is 0.538. The van der Waals surface area contributed by atoms with Crippen LogP contribution in [0.5, 0.6) is 0 Å². The topological polar surface area (TPSA) is 0 Å². The molecule has 0 aliphatic carbocycles. The smallest absolute Gasteiger partial charge is 0.205 e. The maximum absolute atomic E-state index is 12.7. The Bertz CT molecular complexity index is 305. The molecule has 0 aliphatic heterocycles. The highest BCUT2D eigenvalue weighted by Gasteiger charge is 2.12. The minimum Gasteiger partial charge on any atom is -0.205 e. The Morgan fingerprint density at radius 3 is 2.53 bits per heavy atom. The Kier molecular flexibility index (Phi) is 4.73. The Morgan fingerprint density at radius 1 is 1.20 bits per heavy atom. The van der Waals surface area contributed by atoms with Crippen molar-refractivity contribution in [3.05, 3.63) is 34.9 Å². The van der Waals surface area contributed by atoms with Crippen molar-refractivity contribution in [3.63, 3.8) is 0 Å². The third-order valence-electron chi connectivity index (χ3n) is 2.59. The van der Waals surface area contributed by atoms with Crippen LogP contribution in [0.25, 0.3) is 0 Å². The molecule has 1 aromatic carbocycles. The summed E-state index contributed by atoms with van der Waals surface area (Å²) >= 11 is 0. The lowest BCUT2D eigenvalue weighted by molar-refractivity contribution is 0.150. The standard InChI is InChI=1S/C13H18F2/c1-3-4-5-6-11-8-7-10(2)9-12(11)13(14)15/h7-9,13H,3-6H2,1-2H3. The van der Waals surface area contributed by atoms with Crippen molar-refractivity contribution < 1.29 is 8.78 Å². The van der Waals surface area contributed by atoms with Crippen molar-refractivity contribution in [1.29, 1.82) is 0 Å². The second-order valence-electron chi connectivity index (χ2n) is 3.96. The first kappa shape index (κ1) is 12.2. The molecule has 15 heavy (non-hydrogen) atoms. The maximum Gasteiger partial charge on any atom is 0.264 e. The van der Waals surface area contributed by atoms with Gasteiger partial charge in [0.15, 0.2) is 0 Å². The van der Waals surface area contributed by atoms with Gasteiger partial charge in [0.1, 0.15) is 0 Å². The normalized spacial score (nSPS) is 11.0. The molecule has 1 aromatic rings. The summed E-state index contributed by atoms with van der Waals surface area (Å²) in [5.41, 5.74) is 1.93. The van der Waals surface area contributed by atoms with E-state index < -0.39 is 6.43 Å². The average Bonchev–Trinajstić information content (AvgIpc) is 2.20. The van der Waals surface area contributed by atoms with Crippen LogP contribution in [-0.4, -0.2) is 0 Å². The zero-order valence-electron chi connectivity index (χ0n) is 9.39. The van der Waals surface area contributed by atoms with Gasteiger partial charge in [0, 0.05) is 5.56 Å². The summed E-state index contributed by atoms with van der Waals surface area (Å²) in [4.78, 5) is 0. The van der Waals surface area contributed by atoms with Gasteiger partial charge < -0.3 is 0 Å². The number of hydrogen-bond acceptors (Lipinski definition) is 0. The molecule has 0 nitrogen and oxygen atoms in total. The highest BCUT2D eigenvalue weighted by Crippen LogP contribution is 2.25. The molecular formula is C13H18F2. The van der Waals surface area contributed by atoms with Gasteiger partial charge >= 0.3 is 0 Å². The molecule has 0 amide bonds. The van der Waals surface area contributed by atoms with E-state index in [9.17, 15) is 8.78 Å². The quantitative estimate of drug-likeness (QED) is 0.622. The SMILES string of the molecule is CCCCCc1ccc(C)cc1C(F)F. The minimum atomic E-state index is -2.35. The Hall–Kier alpha value is -0.920. The third-order valence-corrected chi connectivity index (χ3v) is 2.59. The zero-order valence-corrected chi connectivity index (χ0v) is 9.39. The number of halogens is 2. The van der Waals surface area contributed by atoms with E-state index in [0.717, 1.165) is 36.8 Å². The molecule has 0 aromatic heterocycles. The van der Waals surface area contributed by atoms with Crippen LogP contribution in [-0.2, 0) is 6.42 Å². The summed E-state index contributed by atoms with van der Waals surface area (Å²) in [5.74, 6) is 0. The molecule has 0 aliphatic rings. The van der Waals surface area contributed by atoms with Crippen LogP contribution in [0.1, 0.15) is 49.3 Å². The van der Waals surface area contributed by atoms with E-state index in [0.29, 0.717) is 0 Å². The lowest BCUT2D eigenvalue weighted by atomic mass is 9.99. The summed E-state index contributed by atoms with van der Waals surface area (Å²) in [6, 6.07) is 5.35. The fourth-order valence-electron chi connectivity index (χ4n) is 1.71. The Balaban J connectivity index is 2.77. The molecule has 0 fully saturated rings. The van der Waals surface area contributed by atoms with E-state index >= 15 is 0 Å². The van der Waals surface area contributed by atoms with Gasteiger partial charge in [-0.2, -0.15) is 0 Å². The summed E-state index contributed by atoms with van der Waals surface area (Å²) in [5, 5.41) is 0. The fourth-order valence-corrected chi connectivity index (χ4v) is 1.71. The molecule has 0 bridgehead atoms. The van der Waals surface area contributed by atoms with Gasteiger partial charge in [-0.05, 0) is 25.3 Å². The van der Waals surface area contributed by atoms with E-state index in [1.165, 1.54) is 0 Å². The molecule has 0 N–H and O–H groups in total. The van der Waals surface area contributed by atoms with E-state index in [1.807, 2.05) is 19.1 Å². The van der Waals surface area contributed by atoms with Gasteiger partial charge in [-0.15, -0.1) is 0 Å². The predicted molar refractivity (Wildman–Crippen MR) is 59.4 cm³/mol. The van der Waals surface area contributed by atoms with E-state index in [-0.39, 0.29) is 5.56 Å². The lowest BCUT2D eigenvalue weighted by Crippen LogP contribution is -1.96. The van der Waals surface area contributed by atoms with Gasteiger partial charge in [0.05, 0.1) is 0 Å². The molecule has 2 heteroatoms. The predicted octanol–water partition coefficient (Wildman–Crippen LogP) is 4.67. The van der Waals surface area contributed by atoms with Gasteiger partial charge in [-0.25, -0.2) is 8.78 Å². The first-order valence-corrected chi connectivity index (χ1v) is 5.52. The molecule has 0 atom stereocenters. The Labute approximate surface area is 90.3 Å². The van der Waals surface area contributed by atoms with E-state index in [1.54, 1.807) is 6.07 Å². The van der Waals surface area contributed by atoms with Crippen molar-refractivity contribution in [1.82, 2.24) is 0 Å². The minimum absolute atomic E-state index is 0.214. The molecule has 0 spiro atoms. The van der Waals surface area contributed by atoms with Gasteiger partial charge in [-0.1, -0.05) is 43.5 Å². The van der Waals surface area contributed by atoms with Crippen LogP contribution < -0.4 is 0 Å². The Morgan fingerprint density at radius 2 is 1.93 bits per heavy atom. The number of benzene rings is 1. The second-order valence-corrected chi connectivity index (χ2v) is 3.96. The number of hydrogen-bond donors (Lipinski definition) is 0. The van der Waals surface area contributed by atoms with Crippen LogP contribution in [0.2, 0.25) is 0 Å². The maximum atomic E-state index is 12.7. The summed E-state index contributed by atoms with van der Waals surface area (Å²) < 4.78 is 25.4. The first-order valence-electron chi connectivity index (χ1n) is 5.52. The van der Waals surface area contributed by atoms with Crippen LogP contribution in [0, 0.1) is 6.92 Å². The summed E-state index contributed by atoms with van der Waals surface area (Å²) in [6.07, 6.45) is 1.65. The van der Waals surface area contributed by atoms with Crippen molar-refractivity contribution in [2.75, 3.05) is 0 Å². The molecule has 84 valence electrons. The molecule has 1 rings (SSSR count). The van der Waals surface area contributed by atoms with Gasteiger partial charge in [0.2, 0.25) is 0 Å². The number of alkyl halides is 2. The summed E-state index contributed by atoms with van der Waals surface area (Å²) in [6.45, 7) is 3.96. The number of unbranched alkanes of at least 4 members (excludes halogenated alkanes) is 2. The first-order chi connectivity index (χ1) is 7.15. The van der Waals surface area contributed by atoms with Gasteiger partial charge in [0.25, 0.3) is 6.43 Å². The van der Waals surface area contributed by atoms with Crippen molar-refractivity contribution in [2.45, 2.75) is 46.0 Å². The highest BCUT2D eigenvalue weighted by molar-refractivity contribution is 5.32. The zero-order chi connectivity index (χ0) is 11.3.